The number of pyridine rings is 1. The topological polar surface area (TPSA) is 68.7 Å². The predicted octanol–water partition coefficient (Wildman–Crippen LogP) is 6.62. The highest BCUT2D eigenvalue weighted by atomic mass is 16.6. The van der Waals surface area contributed by atoms with Gasteiger partial charge in [-0.2, -0.15) is 0 Å². The van der Waals surface area contributed by atoms with Gasteiger partial charge in [-0.25, -0.2) is 14.7 Å². The summed E-state index contributed by atoms with van der Waals surface area (Å²) in [4.78, 5) is 31.8. The summed E-state index contributed by atoms with van der Waals surface area (Å²) in [6.07, 6.45) is 4.53. The fourth-order valence-corrected chi connectivity index (χ4v) is 4.55. The minimum Gasteiger partial charge on any atom is -0.481 e. The lowest BCUT2D eigenvalue weighted by Gasteiger charge is -2.26. The Morgan fingerprint density at radius 3 is 2.22 bits per heavy atom. The number of hydrogen-bond donors (Lipinski definition) is 0. The molecule has 0 spiro atoms. The standard InChI is InChI=1S/C30H38N2O4/c1-29(2,3)21-12-10-20(11-13-21)24(25-16-15-23(19-8-9-19)27(31-25)35-7)18-22-14-17-26(33)32(22)28(34)36-30(4,5)6/h10-13,15-16,18-19,22H,8-9,14,17H2,1-7H3/b24-18-/t22-/m1/s1. The number of methoxy groups -OCH3 is 1. The number of likely N-dealkylation sites (tertiary alicyclic amines) is 1. The molecule has 2 heterocycles. The van der Waals surface area contributed by atoms with Gasteiger partial charge in [-0.1, -0.05) is 57.2 Å². The minimum absolute atomic E-state index is 0.0289. The summed E-state index contributed by atoms with van der Waals surface area (Å²) in [5, 5.41) is 0. The number of imide groups is 1. The van der Waals surface area contributed by atoms with Crippen molar-refractivity contribution in [2.45, 2.75) is 90.2 Å². The number of nitrogens with zero attached hydrogens (tertiary/aromatic N) is 2. The molecule has 0 N–H and O–H groups in total. The highest BCUT2D eigenvalue weighted by Gasteiger charge is 2.38. The van der Waals surface area contributed by atoms with Crippen molar-refractivity contribution in [3.8, 4) is 5.88 Å². The van der Waals surface area contributed by atoms with Crippen LogP contribution in [-0.4, -0.2) is 40.6 Å². The highest BCUT2D eigenvalue weighted by Crippen LogP contribution is 2.44. The molecule has 4 rings (SSSR count). The van der Waals surface area contributed by atoms with Crippen molar-refractivity contribution in [1.82, 2.24) is 9.88 Å². The van der Waals surface area contributed by atoms with Crippen molar-refractivity contribution < 1.29 is 19.1 Å². The second kappa shape index (κ2) is 9.72. The molecule has 36 heavy (non-hydrogen) atoms. The van der Waals surface area contributed by atoms with E-state index >= 15 is 0 Å². The Morgan fingerprint density at radius 1 is 1.00 bits per heavy atom. The zero-order chi connectivity index (χ0) is 26.3. The van der Waals surface area contributed by atoms with Gasteiger partial charge in [0.2, 0.25) is 11.8 Å². The third-order valence-corrected chi connectivity index (χ3v) is 6.64. The fourth-order valence-electron chi connectivity index (χ4n) is 4.55. The van der Waals surface area contributed by atoms with Crippen LogP contribution in [0.15, 0.2) is 42.5 Å². The number of carbonyl (C=O) groups excluding carboxylic acids is 2. The molecule has 1 atom stereocenters. The van der Waals surface area contributed by atoms with Crippen LogP contribution < -0.4 is 4.74 Å². The van der Waals surface area contributed by atoms with Gasteiger partial charge in [0.05, 0.1) is 18.8 Å². The molecule has 2 aliphatic rings. The Bertz CT molecular complexity index is 1160. The molecule has 1 saturated heterocycles. The molecule has 2 fully saturated rings. The normalized spacial score (nSPS) is 19.0. The van der Waals surface area contributed by atoms with Gasteiger partial charge in [-0.15, -0.1) is 0 Å². The monoisotopic (exact) mass is 490 g/mol. The smallest absolute Gasteiger partial charge is 0.417 e. The molecule has 192 valence electrons. The number of amides is 2. The van der Waals surface area contributed by atoms with Gasteiger partial charge in [0.25, 0.3) is 0 Å². The summed E-state index contributed by atoms with van der Waals surface area (Å²) in [5.41, 5.74) is 4.30. The molecule has 6 heteroatoms. The molecular weight excluding hydrogens is 452 g/mol. The zero-order valence-electron chi connectivity index (χ0n) is 22.6. The van der Waals surface area contributed by atoms with Crippen molar-refractivity contribution in [3.05, 3.63) is 64.9 Å². The Morgan fingerprint density at radius 2 is 1.67 bits per heavy atom. The van der Waals surface area contributed by atoms with Crippen LogP contribution in [-0.2, 0) is 14.9 Å². The Hall–Kier alpha value is -3.15. The molecule has 2 amide bonds. The summed E-state index contributed by atoms with van der Waals surface area (Å²) >= 11 is 0. The van der Waals surface area contributed by atoms with E-state index in [-0.39, 0.29) is 11.3 Å². The van der Waals surface area contributed by atoms with Crippen molar-refractivity contribution in [2.75, 3.05) is 7.11 Å². The lowest BCUT2D eigenvalue weighted by molar-refractivity contribution is -0.127. The van der Waals surface area contributed by atoms with E-state index in [4.69, 9.17) is 14.5 Å². The third-order valence-electron chi connectivity index (χ3n) is 6.64. The van der Waals surface area contributed by atoms with Crippen LogP contribution in [0.5, 0.6) is 5.88 Å². The van der Waals surface area contributed by atoms with Crippen molar-refractivity contribution >= 4 is 17.6 Å². The van der Waals surface area contributed by atoms with Gasteiger partial charge in [-0.05, 0) is 68.6 Å². The molecule has 1 aromatic carbocycles. The Kier molecular flexibility index (Phi) is 7.00. The maximum absolute atomic E-state index is 12.9. The number of carbonyl (C=O) groups is 2. The molecule has 0 unspecified atom stereocenters. The molecule has 0 radical (unpaired) electrons. The maximum atomic E-state index is 12.9. The highest BCUT2D eigenvalue weighted by molar-refractivity contribution is 5.95. The second-order valence-corrected chi connectivity index (χ2v) is 11.8. The van der Waals surface area contributed by atoms with Gasteiger partial charge in [0.15, 0.2) is 0 Å². The van der Waals surface area contributed by atoms with Crippen molar-refractivity contribution in [2.24, 2.45) is 0 Å². The van der Waals surface area contributed by atoms with E-state index in [0.717, 1.165) is 35.2 Å². The van der Waals surface area contributed by atoms with Crippen LogP contribution in [0.2, 0.25) is 0 Å². The number of rotatable bonds is 5. The molecule has 1 aromatic heterocycles. The van der Waals surface area contributed by atoms with Gasteiger partial charge in [0, 0.05) is 17.6 Å². The van der Waals surface area contributed by atoms with Crippen LogP contribution in [0.25, 0.3) is 5.57 Å². The minimum atomic E-state index is -0.687. The first-order valence-electron chi connectivity index (χ1n) is 12.8. The average Bonchev–Trinajstić information content (AvgIpc) is 3.57. The van der Waals surface area contributed by atoms with Crippen LogP contribution in [0.3, 0.4) is 0 Å². The Balaban J connectivity index is 1.78. The number of aromatic nitrogens is 1. The molecule has 1 aliphatic carbocycles. The third kappa shape index (κ3) is 5.80. The van der Waals surface area contributed by atoms with Crippen LogP contribution in [0, 0.1) is 0 Å². The molecular formula is C30H38N2O4. The van der Waals surface area contributed by atoms with Gasteiger partial charge in [0.1, 0.15) is 5.60 Å². The average molecular weight is 491 g/mol. The maximum Gasteiger partial charge on any atom is 0.417 e. The summed E-state index contributed by atoms with van der Waals surface area (Å²) in [6, 6.07) is 12.1. The van der Waals surface area contributed by atoms with Gasteiger partial charge < -0.3 is 9.47 Å². The summed E-state index contributed by atoms with van der Waals surface area (Å²) in [7, 11) is 1.65. The van der Waals surface area contributed by atoms with E-state index in [1.54, 1.807) is 27.9 Å². The molecule has 6 nitrogen and oxygen atoms in total. The van der Waals surface area contributed by atoms with E-state index in [0.29, 0.717) is 24.6 Å². The summed E-state index contributed by atoms with van der Waals surface area (Å²) in [5.74, 6) is 0.927. The van der Waals surface area contributed by atoms with E-state index in [9.17, 15) is 9.59 Å². The first kappa shape index (κ1) is 25.9. The molecule has 1 aliphatic heterocycles. The zero-order valence-corrected chi connectivity index (χ0v) is 22.6. The fraction of sp³-hybridized carbons (Fsp3) is 0.500. The van der Waals surface area contributed by atoms with E-state index in [2.05, 4.69) is 51.1 Å². The molecule has 2 aromatic rings. The first-order valence-corrected chi connectivity index (χ1v) is 12.8. The lowest BCUT2D eigenvalue weighted by atomic mass is 9.86. The largest absolute Gasteiger partial charge is 0.481 e. The quantitative estimate of drug-likeness (QED) is 0.471. The van der Waals surface area contributed by atoms with Crippen LogP contribution in [0.4, 0.5) is 4.79 Å². The van der Waals surface area contributed by atoms with Crippen LogP contribution in [0.1, 0.15) is 95.5 Å². The van der Waals surface area contributed by atoms with E-state index in [1.807, 2.05) is 12.1 Å². The summed E-state index contributed by atoms with van der Waals surface area (Å²) in [6.45, 7) is 12.0. The van der Waals surface area contributed by atoms with E-state index < -0.39 is 17.7 Å². The predicted molar refractivity (Wildman–Crippen MR) is 141 cm³/mol. The lowest BCUT2D eigenvalue weighted by Crippen LogP contribution is -2.41. The van der Waals surface area contributed by atoms with Gasteiger partial charge in [-0.3, -0.25) is 4.79 Å². The number of ether oxygens (including phenoxy) is 2. The van der Waals surface area contributed by atoms with E-state index in [1.165, 1.54) is 10.5 Å². The van der Waals surface area contributed by atoms with Gasteiger partial charge >= 0.3 is 6.09 Å². The van der Waals surface area contributed by atoms with Crippen LogP contribution >= 0.6 is 0 Å². The number of hydrogen-bond acceptors (Lipinski definition) is 5. The Labute approximate surface area is 214 Å². The SMILES string of the molecule is COc1nc(/C(=C\[C@H]2CCC(=O)N2C(=O)OC(C)(C)C)c2ccc(C(C)(C)C)cc2)ccc1C1CC1. The second-order valence-electron chi connectivity index (χ2n) is 11.8. The number of benzene rings is 1. The summed E-state index contributed by atoms with van der Waals surface area (Å²) < 4.78 is 11.2. The van der Waals surface area contributed by atoms with Crippen molar-refractivity contribution in [1.29, 1.82) is 0 Å². The first-order chi connectivity index (χ1) is 16.9. The molecule has 1 saturated carbocycles. The van der Waals surface area contributed by atoms with Crippen molar-refractivity contribution in [3.63, 3.8) is 0 Å². The molecule has 0 bridgehead atoms.